The lowest BCUT2D eigenvalue weighted by Crippen LogP contribution is -1.99. The van der Waals surface area contributed by atoms with Crippen LogP contribution in [0.15, 0.2) is 23.0 Å². The Bertz CT molecular complexity index is 252. The zero-order valence-corrected chi connectivity index (χ0v) is 8.49. The van der Waals surface area contributed by atoms with Gasteiger partial charge in [0.2, 0.25) is 0 Å². The van der Waals surface area contributed by atoms with Crippen LogP contribution in [-0.2, 0) is 16.0 Å². The number of hydrogen-bond donors (Lipinski definition) is 0. The van der Waals surface area contributed by atoms with Crippen LogP contribution in [0.3, 0.4) is 0 Å². The molecule has 0 amide bonds. The standard InChI is InChI=1S/C11H16O3/c1-13-11(12)6-4-2-3-5-10-7-8-14-9-10/h7-9H,2-6H2,1H3. The van der Waals surface area contributed by atoms with Crippen LogP contribution < -0.4 is 0 Å². The number of aryl methyl sites for hydroxylation is 1. The Labute approximate surface area is 84.1 Å². The van der Waals surface area contributed by atoms with Crippen molar-refractivity contribution in [3.05, 3.63) is 24.2 Å². The first-order chi connectivity index (χ1) is 6.83. The van der Waals surface area contributed by atoms with E-state index in [1.165, 1.54) is 12.7 Å². The van der Waals surface area contributed by atoms with Gasteiger partial charge in [0, 0.05) is 6.42 Å². The summed E-state index contributed by atoms with van der Waals surface area (Å²) in [7, 11) is 1.42. The zero-order chi connectivity index (χ0) is 10.2. The lowest BCUT2D eigenvalue weighted by Gasteiger charge is -1.99. The number of methoxy groups -OCH3 is 1. The van der Waals surface area contributed by atoms with Crippen LogP contribution in [0.1, 0.15) is 31.2 Å². The highest BCUT2D eigenvalue weighted by Gasteiger charge is 1.99. The summed E-state index contributed by atoms with van der Waals surface area (Å²) in [5, 5.41) is 0. The van der Waals surface area contributed by atoms with E-state index in [-0.39, 0.29) is 5.97 Å². The molecule has 0 aliphatic rings. The molecule has 3 heteroatoms. The van der Waals surface area contributed by atoms with Crippen molar-refractivity contribution in [3.8, 4) is 0 Å². The molecule has 0 spiro atoms. The number of ether oxygens (including phenoxy) is 1. The average Bonchev–Trinajstić information content (AvgIpc) is 2.69. The first-order valence-corrected chi connectivity index (χ1v) is 4.91. The Morgan fingerprint density at radius 1 is 1.43 bits per heavy atom. The van der Waals surface area contributed by atoms with Gasteiger partial charge in [0.25, 0.3) is 0 Å². The summed E-state index contributed by atoms with van der Waals surface area (Å²) in [6.07, 6.45) is 8.06. The highest BCUT2D eigenvalue weighted by atomic mass is 16.5. The van der Waals surface area contributed by atoms with Crippen LogP contribution >= 0.6 is 0 Å². The fourth-order valence-corrected chi connectivity index (χ4v) is 1.31. The van der Waals surface area contributed by atoms with Gasteiger partial charge in [-0.15, -0.1) is 0 Å². The second-order valence-corrected chi connectivity index (χ2v) is 3.27. The summed E-state index contributed by atoms with van der Waals surface area (Å²) in [6, 6.07) is 1.97. The highest BCUT2D eigenvalue weighted by Crippen LogP contribution is 2.08. The Balaban J connectivity index is 1.97. The number of furan rings is 1. The largest absolute Gasteiger partial charge is 0.472 e. The minimum absolute atomic E-state index is 0.117. The minimum atomic E-state index is -0.117. The first-order valence-electron chi connectivity index (χ1n) is 4.91. The van der Waals surface area contributed by atoms with E-state index in [1.54, 1.807) is 12.5 Å². The molecule has 0 fully saturated rings. The summed E-state index contributed by atoms with van der Waals surface area (Å²) in [5.74, 6) is -0.117. The number of esters is 1. The van der Waals surface area contributed by atoms with Crippen molar-refractivity contribution in [2.45, 2.75) is 32.1 Å². The molecule has 0 atom stereocenters. The highest BCUT2D eigenvalue weighted by molar-refractivity contribution is 5.68. The molecule has 78 valence electrons. The van der Waals surface area contributed by atoms with E-state index < -0.39 is 0 Å². The molecule has 0 aliphatic heterocycles. The topological polar surface area (TPSA) is 39.4 Å². The fourth-order valence-electron chi connectivity index (χ4n) is 1.31. The molecule has 1 aromatic heterocycles. The van der Waals surface area contributed by atoms with E-state index in [0.717, 1.165) is 25.7 Å². The molecule has 0 saturated heterocycles. The van der Waals surface area contributed by atoms with Crippen LogP contribution in [0.25, 0.3) is 0 Å². The van der Waals surface area contributed by atoms with E-state index in [1.807, 2.05) is 6.07 Å². The van der Waals surface area contributed by atoms with E-state index in [9.17, 15) is 4.79 Å². The lowest BCUT2D eigenvalue weighted by atomic mass is 10.1. The van der Waals surface area contributed by atoms with E-state index in [0.29, 0.717) is 6.42 Å². The Kier molecular flexibility index (Phi) is 4.83. The van der Waals surface area contributed by atoms with Crippen molar-refractivity contribution in [2.75, 3.05) is 7.11 Å². The second kappa shape index (κ2) is 6.24. The molecule has 14 heavy (non-hydrogen) atoms. The number of carbonyl (C=O) groups is 1. The van der Waals surface area contributed by atoms with Crippen molar-refractivity contribution in [1.82, 2.24) is 0 Å². The molecule has 0 aromatic carbocycles. The fraction of sp³-hybridized carbons (Fsp3) is 0.545. The van der Waals surface area contributed by atoms with Gasteiger partial charge in [-0.05, 0) is 30.9 Å². The smallest absolute Gasteiger partial charge is 0.305 e. The van der Waals surface area contributed by atoms with Crippen molar-refractivity contribution in [2.24, 2.45) is 0 Å². The van der Waals surface area contributed by atoms with Crippen molar-refractivity contribution >= 4 is 5.97 Å². The summed E-state index contributed by atoms with van der Waals surface area (Å²) < 4.78 is 9.50. The third kappa shape index (κ3) is 4.12. The molecule has 3 nitrogen and oxygen atoms in total. The van der Waals surface area contributed by atoms with Crippen molar-refractivity contribution < 1.29 is 13.9 Å². The number of rotatable bonds is 6. The van der Waals surface area contributed by atoms with Gasteiger partial charge in [-0.2, -0.15) is 0 Å². The van der Waals surface area contributed by atoms with E-state index in [2.05, 4.69) is 4.74 Å². The predicted octanol–water partition coefficient (Wildman–Crippen LogP) is 2.56. The molecular formula is C11H16O3. The molecule has 0 radical (unpaired) electrons. The number of unbranched alkanes of at least 4 members (excludes halogenated alkanes) is 2. The minimum Gasteiger partial charge on any atom is -0.472 e. The van der Waals surface area contributed by atoms with Crippen LogP contribution in [0.5, 0.6) is 0 Å². The molecule has 1 rings (SSSR count). The molecule has 0 aliphatic carbocycles. The van der Waals surface area contributed by atoms with Gasteiger partial charge in [0.05, 0.1) is 19.6 Å². The average molecular weight is 196 g/mol. The zero-order valence-electron chi connectivity index (χ0n) is 8.49. The second-order valence-electron chi connectivity index (χ2n) is 3.27. The number of hydrogen-bond acceptors (Lipinski definition) is 3. The number of carbonyl (C=O) groups excluding carboxylic acids is 1. The van der Waals surface area contributed by atoms with Gasteiger partial charge in [-0.1, -0.05) is 6.42 Å². The summed E-state index contributed by atoms with van der Waals surface area (Å²) in [5.41, 5.74) is 1.23. The van der Waals surface area contributed by atoms with E-state index >= 15 is 0 Å². The quantitative estimate of drug-likeness (QED) is 0.518. The molecule has 1 aromatic rings. The SMILES string of the molecule is COC(=O)CCCCCc1ccoc1. The molecular weight excluding hydrogens is 180 g/mol. The third-order valence-electron chi connectivity index (χ3n) is 2.15. The van der Waals surface area contributed by atoms with Gasteiger partial charge < -0.3 is 9.15 Å². The molecule has 1 heterocycles. The Morgan fingerprint density at radius 3 is 2.93 bits per heavy atom. The van der Waals surface area contributed by atoms with Gasteiger partial charge in [-0.3, -0.25) is 4.79 Å². The van der Waals surface area contributed by atoms with Gasteiger partial charge in [0.1, 0.15) is 0 Å². The van der Waals surface area contributed by atoms with E-state index in [4.69, 9.17) is 4.42 Å². The van der Waals surface area contributed by atoms with Gasteiger partial charge >= 0.3 is 5.97 Å². The van der Waals surface area contributed by atoms with Crippen LogP contribution in [0.2, 0.25) is 0 Å². The maximum absolute atomic E-state index is 10.8. The van der Waals surface area contributed by atoms with Crippen molar-refractivity contribution in [1.29, 1.82) is 0 Å². The van der Waals surface area contributed by atoms with Crippen LogP contribution in [0.4, 0.5) is 0 Å². The summed E-state index contributed by atoms with van der Waals surface area (Å²) in [4.78, 5) is 10.8. The maximum Gasteiger partial charge on any atom is 0.305 e. The van der Waals surface area contributed by atoms with Crippen molar-refractivity contribution in [3.63, 3.8) is 0 Å². The van der Waals surface area contributed by atoms with Crippen LogP contribution in [0, 0.1) is 0 Å². The predicted molar refractivity (Wildman–Crippen MR) is 52.9 cm³/mol. The first kappa shape index (κ1) is 10.8. The Morgan fingerprint density at radius 2 is 2.29 bits per heavy atom. The molecule has 0 N–H and O–H groups in total. The van der Waals surface area contributed by atoms with Gasteiger partial charge in [0.15, 0.2) is 0 Å². The summed E-state index contributed by atoms with van der Waals surface area (Å²) in [6.45, 7) is 0. The molecule has 0 bridgehead atoms. The normalized spacial score (nSPS) is 10.1. The molecule has 0 unspecified atom stereocenters. The monoisotopic (exact) mass is 196 g/mol. The maximum atomic E-state index is 10.8. The Hall–Kier alpha value is -1.25. The third-order valence-corrected chi connectivity index (χ3v) is 2.15. The summed E-state index contributed by atoms with van der Waals surface area (Å²) >= 11 is 0. The van der Waals surface area contributed by atoms with Crippen LogP contribution in [-0.4, -0.2) is 13.1 Å². The lowest BCUT2D eigenvalue weighted by molar-refractivity contribution is -0.140. The van der Waals surface area contributed by atoms with Gasteiger partial charge in [-0.25, -0.2) is 0 Å². The molecule has 0 saturated carbocycles.